The lowest BCUT2D eigenvalue weighted by Crippen LogP contribution is -2.04. The Morgan fingerprint density at radius 3 is 2.80 bits per heavy atom. The van der Waals surface area contributed by atoms with Crippen LogP contribution in [-0.4, -0.2) is 16.1 Å². The van der Waals surface area contributed by atoms with Gasteiger partial charge in [-0.25, -0.2) is 4.39 Å². The number of pyridine rings is 1. The summed E-state index contributed by atoms with van der Waals surface area (Å²) in [5, 5.41) is 9.03. The molecule has 1 aromatic carbocycles. The summed E-state index contributed by atoms with van der Waals surface area (Å²) in [6.07, 6.45) is 4.91. The summed E-state index contributed by atoms with van der Waals surface area (Å²) >= 11 is 0. The van der Waals surface area contributed by atoms with Gasteiger partial charge in [0, 0.05) is 11.8 Å². The van der Waals surface area contributed by atoms with Gasteiger partial charge in [-0.15, -0.1) is 0 Å². The molecule has 0 radical (unpaired) electrons. The third-order valence-corrected chi connectivity index (χ3v) is 3.54. The van der Waals surface area contributed by atoms with Crippen molar-refractivity contribution in [1.82, 2.24) is 4.98 Å². The number of carbonyl (C=O) groups is 1. The molecule has 3 nitrogen and oxygen atoms in total. The van der Waals surface area contributed by atoms with Crippen molar-refractivity contribution in [3.63, 3.8) is 0 Å². The molecule has 0 bridgehead atoms. The smallest absolute Gasteiger partial charge is 0.307 e. The molecule has 0 atom stereocenters. The van der Waals surface area contributed by atoms with Crippen molar-refractivity contribution >= 4 is 5.97 Å². The van der Waals surface area contributed by atoms with Crippen LogP contribution in [-0.2, 0) is 11.2 Å². The number of aliphatic carboxylic acids is 1. The third kappa shape index (κ3) is 2.54. The van der Waals surface area contributed by atoms with Crippen molar-refractivity contribution in [1.29, 1.82) is 0 Å². The summed E-state index contributed by atoms with van der Waals surface area (Å²) in [7, 11) is 0. The molecular formula is C16H14FNO2. The van der Waals surface area contributed by atoms with E-state index >= 15 is 0 Å². The molecule has 2 aromatic rings. The molecule has 1 N–H and O–H groups in total. The van der Waals surface area contributed by atoms with Gasteiger partial charge in [0.15, 0.2) is 0 Å². The zero-order valence-electron chi connectivity index (χ0n) is 10.8. The Morgan fingerprint density at radius 1 is 1.35 bits per heavy atom. The molecule has 0 saturated heterocycles. The lowest BCUT2D eigenvalue weighted by molar-refractivity contribution is -0.136. The summed E-state index contributed by atoms with van der Waals surface area (Å²) < 4.78 is 13.4. The van der Waals surface area contributed by atoms with Gasteiger partial charge in [0.1, 0.15) is 5.82 Å². The van der Waals surface area contributed by atoms with Gasteiger partial charge in [0.25, 0.3) is 0 Å². The van der Waals surface area contributed by atoms with E-state index in [2.05, 4.69) is 4.98 Å². The molecule has 4 heteroatoms. The van der Waals surface area contributed by atoms with E-state index in [0.29, 0.717) is 11.5 Å². The van der Waals surface area contributed by atoms with E-state index in [4.69, 9.17) is 5.11 Å². The van der Waals surface area contributed by atoms with Gasteiger partial charge < -0.3 is 5.11 Å². The van der Waals surface area contributed by atoms with E-state index in [-0.39, 0.29) is 12.2 Å². The van der Waals surface area contributed by atoms with E-state index in [0.717, 1.165) is 29.5 Å². The van der Waals surface area contributed by atoms with Gasteiger partial charge in [0.2, 0.25) is 0 Å². The molecule has 3 rings (SSSR count). The second-order valence-electron chi connectivity index (χ2n) is 5.11. The molecule has 1 heterocycles. The first kappa shape index (κ1) is 12.8. The van der Waals surface area contributed by atoms with Crippen LogP contribution in [0.3, 0.4) is 0 Å². The third-order valence-electron chi connectivity index (χ3n) is 3.54. The fraction of sp³-hybridized carbons (Fsp3) is 0.250. The van der Waals surface area contributed by atoms with Crippen molar-refractivity contribution < 1.29 is 14.3 Å². The van der Waals surface area contributed by atoms with Crippen LogP contribution < -0.4 is 0 Å². The number of halogens is 1. The minimum absolute atomic E-state index is 0.00240. The van der Waals surface area contributed by atoms with Gasteiger partial charge >= 0.3 is 5.97 Å². The quantitative estimate of drug-likeness (QED) is 0.927. The number of nitrogens with zero attached hydrogens (tertiary/aromatic N) is 1. The summed E-state index contributed by atoms with van der Waals surface area (Å²) in [5.74, 6) is -0.835. The average molecular weight is 271 g/mol. The molecule has 1 aliphatic rings. The van der Waals surface area contributed by atoms with E-state index in [1.807, 2.05) is 18.2 Å². The van der Waals surface area contributed by atoms with Gasteiger partial charge in [-0.2, -0.15) is 0 Å². The molecule has 1 saturated carbocycles. The lowest BCUT2D eigenvalue weighted by atomic mass is 9.91. The maximum Gasteiger partial charge on any atom is 0.307 e. The molecule has 0 unspecified atom stereocenters. The van der Waals surface area contributed by atoms with Crippen LogP contribution in [0.1, 0.15) is 29.9 Å². The van der Waals surface area contributed by atoms with Gasteiger partial charge in [-0.3, -0.25) is 9.78 Å². The Bertz CT molecular complexity index is 665. The number of carboxylic acids is 1. The predicted octanol–water partition coefficient (Wildman–Crippen LogP) is 3.39. The highest BCUT2D eigenvalue weighted by atomic mass is 19.1. The first-order valence-electron chi connectivity index (χ1n) is 6.59. The molecule has 0 spiro atoms. The topological polar surface area (TPSA) is 50.2 Å². The second-order valence-corrected chi connectivity index (χ2v) is 5.11. The Labute approximate surface area is 116 Å². The Kier molecular flexibility index (Phi) is 3.22. The number of hydrogen-bond acceptors (Lipinski definition) is 2. The van der Waals surface area contributed by atoms with Crippen molar-refractivity contribution in [2.24, 2.45) is 0 Å². The lowest BCUT2D eigenvalue weighted by Gasteiger charge is -2.13. The van der Waals surface area contributed by atoms with Gasteiger partial charge in [-0.05, 0) is 41.5 Å². The van der Waals surface area contributed by atoms with E-state index in [1.165, 1.54) is 12.3 Å². The number of rotatable bonds is 4. The highest BCUT2D eigenvalue weighted by Gasteiger charge is 2.29. The normalized spacial score (nSPS) is 14.2. The average Bonchev–Trinajstić information content (AvgIpc) is 3.22. The Morgan fingerprint density at radius 2 is 2.15 bits per heavy atom. The van der Waals surface area contributed by atoms with Crippen LogP contribution in [0.25, 0.3) is 11.1 Å². The summed E-state index contributed by atoms with van der Waals surface area (Å²) in [5.41, 5.74) is 3.47. The molecule has 0 amide bonds. The fourth-order valence-corrected chi connectivity index (χ4v) is 2.60. The zero-order chi connectivity index (χ0) is 14.1. The van der Waals surface area contributed by atoms with Crippen LogP contribution in [0.5, 0.6) is 0 Å². The number of hydrogen-bond donors (Lipinski definition) is 1. The summed E-state index contributed by atoms with van der Waals surface area (Å²) in [6, 6.07) is 7.02. The van der Waals surface area contributed by atoms with Crippen molar-refractivity contribution in [3.05, 3.63) is 53.6 Å². The minimum Gasteiger partial charge on any atom is -0.481 e. The largest absolute Gasteiger partial charge is 0.481 e. The zero-order valence-corrected chi connectivity index (χ0v) is 10.8. The van der Waals surface area contributed by atoms with Crippen LogP contribution in [0.15, 0.2) is 36.7 Å². The monoisotopic (exact) mass is 271 g/mol. The van der Waals surface area contributed by atoms with Crippen molar-refractivity contribution in [2.75, 3.05) is 0 Å². The number of carboxylic acid groups (broad SMARTS) is 1. The van der Waals surface area contributed by atoms with Crippen molar-refractivity contribution in [3.8, 4) is 11.1 Å². The highest BCUT2D eigenvalue weighted by Crippen LogP contribution is 2.46. The van der Waals surface area contributed by atoms with E-state index < -0.39 is 5.97 Å². The van der Waals surface area contributed by atoms with Crippen LogP contribution in [0, 0.1) is 5.82 Å². The fourth-order valence-electron chi connectivity index (χ4n) is 2.60. The Hall–Kier alpha value is -2.23. The summed E-state index contributed by atoms with van der Waals surface area (Å²) in [4.78, 5) is 14.9. The van der Waals surface area contributed by atoms with Crippen LogP contribution in [0.4, 0.5) is 4.39 Å². The molecule has 1 aromatic heterocycles. The van der Waals surface area contributed by atoms with E-state index in [1.54, 1.807) is 6.20 Å². The molecule has 20 heavy (non-hydrogen) atoms. The number of aromatic nitrogens is 1. The second kappa shape index (κ2) is 5.04. The molecule has 1 aliphatic carbocycles. The molecule has 1 fully saturated rings. The first-order chi connectivity index (χ1) is 9.65. The number of benzene rings is 1. The van der Waals surface area contributed by atoms with Gasteiger partial charge in [0.05, 0.1) is 12.6 Å². The summed E-state index contributed by atoms with van der Waals surface area (Å²) in [6.45, 7) is 0. The highest BCUT2D eigenvalue weighted by molar-refractivity contribution is 5.75. The SMILES string of the molecule is O=C(O)Cc1cccc(-c2cncc(F)c2)c1C1CC1. The molecule has 102 valence electrons. The maximum absolute atomic E-state index is 13.4. The molecule has 0 aliphatic heterocycles. The standard InChI is InChI=1S/C16H14FNO2/c17-13-6-12(8-18-9-13)14-3-1-2-11(7-15(19)20)16(14)10-4-5-10/h1-3,6,8-10H,4-5,7H2,(H,19,20). The Balaban J connectivity index is 2.12. The maximum atomic E-state index is 13.4. The predicted molar refractivity (Wildman–Crippen MR) is 72.9 cm³/mol. The van der Waals surface area contributed by atoms with Crippen molar-refractivity contribution in [2.45, 2.75) is 25.2 Å². The van der Waals surface area contributed by atoms with Crippen LogP contribution in [0.2, 0.25) is 0 Å². The minimum atomic E-state index is -0.846. The van der Waals surface area contributed by atoms with Gasteiger partial charge in [-0.1, -0.05) is 18.2 Å². The molecular weight excluding hydrogens is 257 g/mol. The van der Waals surface area contributed by atoms with Crippen LogP contribution >= 0.6 is 0 Å². The first-order valence-corrected chi connectivity index (χ1v) is 6.59. The van der Waals surface area contributed by atoms with E-state index in [9.17, 15) is 9.18 Å².